The Balaban J connectivity index is 1.51. The molecule has 1 fully saturated rings. The maximum Gasteiger partial charge on any atom is 0.132 e. The SMILES string of the molecule is Cc1cc(N2CCC(NCc3cc(C#N)cs3)CC2)nc(C)n1. The predicted molar refractivity (Wildman–Crippen MR) is 92.6 cm³/mol. The smallest absolute Gasteiger partial charge is 0.132 e. The van der Waals surface area contributed by atoms with E-state index in [-0.39, 0.29) is 0 Å². The summed E-state index contributed by atoms with van der Waals surface area (Å²) in [6, 6.07) is 6.75. The number of rotatable bonds is 4. The van der Waals surface area contributed by atoms with Crippen LogP contribution in [0.15, 0.2) is 17.5 Å². The number of nitrogens with zero attached hydrogens (tertiary/aromatic N) is 4. The number of thiophene rings is 1. The molecule has 1 N–H and O–H groups in total. The zero-order valence-corrected chi connectivity index (χ0v) is 14.4. The van der Waals surface area contributed by atoms with E-state index >= 15 is 0 Å². The number of aromatic nitrogens is 2. The third-order valence-electron chi connectivity index (χ3n) is 4.12. The molecule has 0 radical (unpaired) electrons. The van der Waals surface area contributed by atoms with Gasteiger partial charge in [-0.2, -0.15) is 5.26 Å². The molecule has 0 atom stereocenters. The minimum Gasteiger partial charge on any atom is -0.356 e. The van der Waals surface area contributed by atoms with Gasteiger partial charge in [-0.15, -0.1) is 11.3 Å². The fraction of sp³-hybridized carbons (Fsp3) is 0.471. The van der Waals surface area contributed by atoms with E-state index in [1.807, 2.05) is 25.3 Å². The molecule has 23 heavy (non-hydrogen) atoms. The standard InChI is InChI=1S/C17H21N5S/c1-12-7-17(21-13(2)20-12)22-5-3-15(4-6-22)19-10-16-8-14(9-18)11-23-16/h7-8,11,15,19H,3-6,10H2,1-2H3. The van der Waals surface area contributed by atoms with Crippen molar-refractivity contribution in [1.29, 1.82) is 5.26 Å². The van der Waals surface area contributed by atoms with Gasteiger partial charge in [0.1, 0.15) is 17.7 Å². The normalized spacial score (nSPS) is 15.6. The van der Waals surface area contributed by atoms with E-state index < -0.39 is 0 Å². The maximum atomic E-state index is 8.86. The second kappa shape index (κ2) is 7.07. The van der Waals surface area contributed by atoms with Crippen LogP contribution in [0.5, 0.6) is 0 Å². The quantitative estimate of drug-likeness (QED) is 0.935. The van der Waals surface area contributed by atoms with Gasteiger partial charge in [-0.05, 0) is 32.8 Å². The van der Waals surface area contributed by atoms with Crippen molar-refractivity contribution in [1.82, 2.24) is 15.3 Å². The van der Waals surface area contributed by atoms with E-state index in [1.54, 1.807) is 11.3 Å². The van der Waals surface area contributed by atoms with Crippen molar-refractivity contribution in [2.24, 2.45) is 0 Å². The first-order chi connectivity index (χ1) is 11.1. The van der Waals surface area contributed by atoms with Crippen LogP contribution in [-0.4, -0.2) is 29.1 Å². The first-order valence-corrected chi connectivity index (χ1v) is 8.80. The molecular formula is C17H21N5S. The maximum absolute atomic E-state index is 8.86. The molecule has 6 heteroatoms. The summed E-state index contributed by atoms with van der Waals surface area (Å²) in [5.41, 5.74) is 1.79. The fourth-order valence-corrected chi connectivity index (χ4v) is 3.71. The Bertz CT molecular complexity index is 690. The Hall–Kier alpha value is -1.97. The van der Waals surface area contributed by atoms with Gasteiger partial charge in [0.15, 0.2) is 0 Å². The summed E-state index contributed by atoms with van der Waals surface area (Å²) in [5, 5.41) is 14.4. The first kappa shape index (κ1) is 15.9. The molecule has 1 saturated heterocycles. The van der Waals surface area contributed by atoms with E-state index in [2.05, 4.69) is 32.3 Å². The molecule has 2 aromatic heterocycles. The zero-order chi connectivity index (χ0) is 16.2. The Morgan fingerprint density at radius 3 is 2.74 bits per heavy atom. The zero-order valence-electron chi connectivity index (χ0n) is 13.5. The van der Waals surface area contributed by atoms with Crippen molar-refractivity contribution in [3.05, 3.63) is 39.5 Å². The summed E-state index contributed by atoms with van der Waals surface area (Å²) < 4.78 is 0. The van der Waals surface area contributed by atoms with Crippen LogP contribution in [0, 0.1) is 25.2 Å². The van der Waals surface area contributed by atoms with Crippen LogP contribution < -0.4 is 10.2 Å². The van der Waals surface area contributed by atoms with Crippen LogP contribution in [0.3, 0.4) is 0 Å². The number of piperidine rings is 1. The highest BCUT2D eigenvalue weighted by atomic mass is 32.1. The number of nitriles is 1. The molecule has 3 heterocycles. The van der Waals surface area contributed by atoms with Crippen LogP contribution in [0.2, 0.25) is 0 Å². The third kappa shape index (κ3) is 4.06. The number of nitrogens with one attached hydrogen (secondary N) is 1. The monoisotopic (exact) mass is 327 g/mol. The minimum atomic E-state index is 0.530. The molecule has 0 aliphatic carbocycles. The second-order valence-electron chi connectivity index (χ2n) is 5.97. The molecule has 0 unspecified atom stereocenters. The first-order valence-electron chi connectivity index (χ1n) is 7.92. The van der Waals surface area contributed by atoms with Gasteiger partial charge in [-0.1, -0.05) is 0 Å². The van der Waals surface area contributed by atoms with Gasteiger partial charge in [0.05, 0.1) is 5.56 Å². The van der Waals surface area contributed by atoms with E-state index in [0.29, 0.717) is 6.04 Å². The predicted octanol–water partition coefficient (Wildman–Crippen LogP) is 2.79. The van der Waals surface area contributed by atoms with Gasteiger partial charge in [0.2, 0.25) is 0 Å². The number of aryl methyl sites for hydroxylation is 2. The lowest BCUT2D eigenvalue weighted by Gasteiger charge is -2.33. The summed E-state index contributed by atoms with van der Waals surface area (Å²) in [6.07, 6.45) is 2.22. The highest BCUT2D eigenvalue weighted by Crippen LogP contribution is 2.20. The molecule has 1 aliphatic heterocycles. The largest absolute Gasteiger partial charge is 0.356 e. The highest BCUT2D eigenvalue weighted by molar-refractivity contribution is 7.10. The van der Waals surface area contributed by atoms with Gasteiger partial charge in [-0.3, -0.25) is 0 Å². The second-order valence-corrected chi connectivity index (χ2v) is 6.97. The van der Waals surface area contributed by atoms with E-state index in [4.69, 9.17) is 5.26 Å². The summed E-state index contributed by atoms with van der Waals surface area (Å²) in [4.78, 5) is 12.5. The lowest BCUT2D eigenvalue weighted by Crippen LogP contribution is -2.42. The lowest BCUT2D eigenvalue weighted by atomic mass is 10.0. The van der Waals surface area contributed by atoms with E-state index in [1.165, 1.54) is 4.88 Å². The minimum absolute atomic E-state index is 0.530. The van der Waals surface area contributed by atoms with Gasteiger partial charge in [-0.25, -0.2) is 9.97 Å². The topological polar surface area (TPSA) is 64.8 Å². The van der Waals surface area contributed by atoms with Crippen molar-refractivity contribution in [3.8, 4) is 6.07 Å². The van der Waals surface area contributed by atoms with Crippen molar-refractivity contribution < 1.29 is 0 Å². The van der Waals surface area contributed by atoms with Gasteiger partial charge in [0.25, 0.3) is 0 Å². The van der Waals surface area contributed by atoms with Gasteiger partial charge >= 0.3 is 0 Å². The molecule has 0 saturated carbocycles. The molecular weight excluding hydrogens is 306 g/mol. The van der Waals surface area contributed by atoms with Gasteiger partial charge in [0, 0.05) is 47.7 Å². The van der Waals surface area contributed by atoms with Crippen LogP contribution >= 0.6 is 11.3 Å². The fourth-order valence-electron chi connectivity index (χ4n) is 2.95. The van der Waals surface area contributed by atoms with E-state index in [9.17, 15) is 0 Å². The number of anilines is 1. The summed E-state index contributed by atoms with van der Waals surface area (Å²) in [7, 11) is 0. The van der Waals surface area contributed by atoms with Gasteiger partial charge < -0.3 is 10.2 Å². The molecule has 5 nitrogen and oxygen atoms in total. The number of hydrogen-bond acceptors (Lipinski definition) is 6. The van der Waals surface area contributed by atoms with Crippen molar-refractivity contribution >= 4 is 17.2 Å². The third-order valence-corrected chi connectivity index (χ3v) is 5.06. The number of hydrogen-bond donors (Lipinski definition) is 1. The van der Waals surface area contributed by atoms with Crippen LogP contribution in [0.25, 0.3) is 0 Å². The molecule has 0 bridgehead atoms. The Morgan fingerprint density at radius 2 is 2.09 bits per heavy atom. The molecule has 120 valence electrons. The Labute approximate surface area is 141 Å². The molecule has 0 aromatic carbocycles. The van der Waals surface area contributed by atoms with Crippen LogP contribution in [-0.2, 0) is 6.54 Å². The summed E-state index contributed by atoms with van der Waals surface area (Å²) >= 11 is 1.65. The molecule has 2 aromatic rings. The molecule has 1 aliphatic rings. The average Bonchev–Trinajstić information content (AvgIpc) is 3.00. The Kier molecular flexibility index (Phi) is 4.89. The molecule has 0 spiro atoms. The van der Waals surface area contributed by atoms with E-state index in [0.717, 1.165) is 55.4 Å². The summed E-state index contributed by atoms with van der Waals surface area (Å²) in [6.45, 7) is 6.84. The lowest BCUT2D eigenvalue weighted by molar-refractivity contribution is 0.414. The van der Waals surface area contributed by atoms with Crippen molar-refractivity contribution in [2.75, 3.05) is 18.0 Å². The highest BCUT2D eigenvalue weighted by Gasteiger charge is 2.20. The van der Waals surface area contributed by atoms with Crippen LogP contribution in [0.1, 0.15) is 34.8 Å². The van der Waals surface area contributed by atoms with Crippen LogP contribution in [0.4, 0.5) is 5.82 Å². The summed E-state index contributed by atoms with van der Waals surface area (Å²) in [5.74, 6) is 1.89. The molecule has 0 amide bonds. The molecule has 3 rings (SSSR count). The Morgan fingerprint density at radius 1 is 1.30 bits per heavy atom. The van der Waals surface area contributed by atoms with Crippen molar-refractivity contribution in [3.63, 3.8) is 0 Å². The average molecular weight is 327 g/mol. The van der Waals surface area contributed by atoms with Crippen molar-refractivity contribution in [2.45, 2.75) is 39.3 Å².